The molecule has 2 heterocycles. The normalized spacial score (nSPS) is 15.2. The Balaban J connectivity index is 1.27. The van der Waals surface area contributed by atoms with Crippen molar-refractivity contribution in [1.29, 1.82) is 0 Å². The minimum Gasteiger partial charge on any atom is -0.322 e. The van der Waals surface area contributed by atoms with E-state index in [9.17, 15) is 4.79 Å². The second kappa shape index (κ2) is 9.92. The molecule has 0 aliphatic carbocycles. The fraction of sp³-hybridized carbons (Fsp3) is 0.385. The molecule has 0 bridgehead atoms. The van der Waals surface area contributed by atoms with Gasteiger partial charge in [-0.15, -0.1) is 0 Å². The Kier molecular flexibility index (Phi) is 6.82. The van der Waals surface area contributed by atoms with Gasteiger partial charge in [0.05, 0.1) is 29.3 Å². The third kappa shape index (κ3) is 5.42. The van der Waals surface area contributed by atoms with Gasteiger partial charge in [0.1, 0.15) is 0 Å². The summed E-state index contributed by atoms with van der Waals surface area (Å²) in [7, 11) is 0. The molecule has 31 heavy (non-hydrogen) atoms. The fourth-order valence-corrected chi connectivity index (χ4v) is 4.47. The zero-order valence-electron chi connectivity index (χ0n) is 18.6. The van der Waals surface area contributed by atoms with E-state index in [1.165, 1.54) is 24.8 Å². The lowest BCUT2D eigenvalue weighted by molar-refractivity contribution is -0.117. The smallest absolute Gasteiger partial charge is 0.238 e. The summed E-state index contributed by atoms with van der Waals surface area (Å²) in [6, 6.07) is 20.7. The van der Waals surface area contributed by atoms with Crippen molar-refractivity contribution in [2.45, 2.75) is 39.5 Å². The second-order valence-corrected chi connectivity index (χ2v) is 8.59. The zero-order valence-corrected chi connectivity index (χ0v) is 18.6. The van der Waals surface area contributed by atoms with E-state index in [4.69, 9.17) is 0 Å². The lowest BCUT2D eigenvalue weighted by Gasteiger charge is -2.31. The highest BCUT2D eigenvalue weighted by Gasteiger charge is 2.22. The van der Waals surface area contributed by atoms with Crippen molar-refractivity contribution < 1.29 is 4.79 Å². The van der Waals surface area contributed by atoms with Gasteiger partial charge < -0.3 is 5.32 Å². The molecule has 0 atom stereocenters. The monoisotopic (exact) mass is 416 g/mol. The molecule has 1 aromatic heterocycles. The number of hydrogen-bond donors (Lipinski definition) is 1. The molecule has 5 heteroatoms. The molecule has 162 valence electrons. The summed E-state index contributed by atoms with van der Waals surface area (Å²) in [5.41, 5.74) is 5.05. The molecule has 0 radical (unpaired) electrons. The zero-order chi connectivity index (χ0) is 21.6. The Labute approximate surface area is 185 Å². The molecule has 1 aliphatic heterocycles. The SMILES string of the molecule is Cc1nn(-c2ccccc2)c(C)c1NC(=O)CN1CCC(CCc2ccccc2)CC1. The van der Waals surface area contributed by atoms with Crippen LogP contribution in [0.2, 0.25) is 0 Å². The quantitative estimate of drug-likeness (QED) is 0.603. The number of benzene rings is 2. The van der Waals surface area contributed by atoms with Gasteiger partial charge in [0.15, 0.2) is 0 Å². The van der Waals surface area contributed by atoms with E-state index < -0.39 is 0 Å². The number of likely N-dealkylation sites (tertiary alicyclic amines) is 1. The second-order valence-electron chi connectivity index (χ2n) is 8.59. The van der Waals surface area contributed by atoms with Gasteiger partial charge in [0, 0.05) is 0 Å². The number of piperidine rings is 1. The number of carbonyl (C=O) groups excluding carboxylic acids is 1. The summed E-state index contributed by atoms with van der Waals surface area (Å²) in [6.45, 7) is 6.38. The number of amides is 1. The Bertz CT molecular complexity index is 989. The lowest BCUT2D eigenvalue weighted by atomic mass is 9.90. The molecule has 1 N–H and O–H groups in total. The molecule has 0 spiro atoms. The lowest BCUT2D eigenvalue weighted by Crippen LogP contribution is -2.39. The minimum atomic E-state index is 0.0431. The summed E-state index contributed by atoms with van der Waals surface area (Å²) in [5.74, 6) is 0.801. The average Bonchev–Trinajstić information content (AvgIpc) is 3.08. The fourth-order valence-electron chi connectivity index (χ4n) is 4.47. The van der Waals surface area contributed by atoms with Gasteiger partial charge in [0.25, 0.3) is 0 Å². The van der Waals surface area contributed by atoms with E-state index in [0.717, 1.165) is 48.2 Å². The first-order chi connectivity index (χ1) is 15.1. The van der Waals surface area contributed by atoms with Gasteiger partial charge in [0.2, 0.25) is 5.91 Å². The summed E-state index contributed by atoms with van der Waals surface area (Å²) >= 11 is 0. The first-order valence-corrected chi connectivity index (χ1v) is 11.3. The summed E-state index contributed by atoms with van der Waals surface area (Å²) in [4.78, 5) is 15.0. The van der Waals surface area contributed by atoms with Crippen molar-refractivity contribution >= 4 is 11.6 Å². The molecule has 1 amide bonds. The van der Waals surface area contributed by atoms with Gasteiger partial charge in [-0.25, -0.2) is 4.68 Å². The van der Waals surface area contributed by atoms with Crippen LogP contribution < -0.4 is 5.32 Å². The van der Waals surface area contributed by atoms with E-state index in [0.29, 0.717) is 6.54 Å². The number of carbonyl (C=O) groups is 1. The van der Waals surface area contributed by atoms with Crippen molar-refractivity contribution in [3.63, 3.8) is 0 Å². The molecule has 1 fully saturated rings. The largest absolute Gasteiger partial charge is 0.322 e. The van der Waals surface area contributed by atoms with E-state index in [-0.39, 0.29) is 5.91 Å². The third-order valence-electron chi connectivity index (χ3n) is 6.31. The van der Waals surface area contributed by atoms with Crippen molar-refractivity contribution in [3.8, 4) is 5.69 Å². The average molecular weight is 417 g/mol. The Morgan fingerprint density at radius 3 is 2.32 bits per heavy atom. The molecule has 1 saturated heterocycles. The molecular weight excluding hydrogens is 384 g/mol. The molecule has 5 nitrogen and oxygen atoms in total. The number of para-hydroxylation sites is 1. The van der Waals surface area contributed by atoms with E-state index in [2.05, 4.69) is 45.6 Å². The van der Waals surface area contributed by atoms with Gasteiger partial charge >= 0.3 is 0 Å². The van der Waals surface area contributed by atoms with Gasteiger partial charge in [-0.1, -0.05) is 48.5 Å². The van der Waals surface area contributed by atoms with Crippen LogP contribution in [-0.4, -0.2) is 40.2 Å². The van der Waals surface area contributed by atoms with Crippen LogP contribution in [0.5, 0.6) is 0 Å². The maximum atomic E-state index is 12.7. The Morgan fingerprint density at radius 1 is 1.00 bits per heavy atom. The van der Waals surface area contributed by atoms with Crippen LogP contribution in [0.3, 0.4) is 0 Å². The maximum absolute atomic E-state index is 12.7. The number of anilines is 1. The standard InChI is InChI=1S/C26H32N4O/c1-20-26(21(2)30(28-20)24-11-7-4-8-12-24)27-25(31)19-29-17-15-23(16-18-29)14-13-22-9-5-3-6-10-22/h3-12,23H,13-19H2,1-2H3,(H,27,31). The first-order valence-electron chi connectivity index (χ1n) is 11.3. The number of aromatic nitrogens is 2. The van der Waals surface area contributed by atoms with Crippen LogP contribution in [0.4, 0.5) is 5.69 Å². The van der Waals surface area contributed by atoms with Gasteiger partial charge in [-0.2, -0.15) is 5.10 Å². The Morgan fingerprint density at radius 2 is 1.65 bits per heavy atom. The number of nitrogens with zero attached hydrogens (tertiary/aromatic N) is 3. The van der Waals surface area contributed by atoms with Crippen LogP contribution in [0.15, 0.2) is 60.7 Å². The number of hydrogen-bond acceptors (Lipinski definition) is 3. The highest BCUT2D eigenvalue weighted by Crippen LogP contribution is 2.24. The van der Waals surface area contributed by atoms with Crippen molar-refractivity contribution in [1.82, 2.24) is 14.7 Å². The highest BCUT2D eigenvalue weighted by molar-refractivity contribution is 5.93. The number of rotatable bonds is 7. The third-order valence-corrected chi connectivity index (χ3v) is 6.31. The number of aryl methyl sites for hydroxylation is 2. The molecule has 1 aliphatic rings. The maximum Gasteiger partial charge on any atom is 0.238 e. The van der Waals surface area contributed by atoms with E-state index >= 15 is 0 Å². The van der Waals surface area contributed by atoms with E-state index in [1.807, 2.05) is 48.9 Å². The summed E-state index contributed by atoms with van der Waals surface area (Å²) in [6.07, 6.45) is 4.73. The minimum absolute atomic E-state index is 0.0431. The van der Waals surface area contributed by atoms with Crippen LogP contribution in [-0.2, 0) is 11.2 Å². The van der Waals surface area contributed by atoms with Crippen molar-refractivity contribution in [3.05, 3.63) is 77.6 Å². The topological polar surface area (TPSA) is 50.2 Å². The predicted octanol–water partition coefficient (Wildman–Crippen LogP) is 4.77. The molecule has 0 unspecified atom stereocenters. The van der Waals surface area contributed by atoms with Gasteiger partial charge in [-0.05, 0) is 76.2 Å². The first kappa shape index (κ1) is 21.3. The van der Waals surface area contributed by atoms with Crippen LogP contribution >= 0.6 is 0 Å². The summed E-state index contributed by atoms with van der Waals surface area (Å²) < 4.78 is 1.89. The van der Waals surface area contributed by atoms with Crippen LogP contribution in [0.25, 0.3) is 5.69 Å². The van der Waals surface area contributed by atoms with E-state index in [1.54, 1.807) is 0 Å². The molecular formula is C26H32N4O. The van der Waals surface area contributed by atoms with Crippen molar-refractivity contribution in [2.75, 3.05) is 25.0 Å². The highest BCUT2D eigenvalue weighted by atomic mass is 16.2. The van der Waals surface area contributed by atoms with Gasteiger partial charge in [-0.3, -0.25) is 9.69 Å². The summed E-state index contributed by atoms with van der Waals surface area (Å²) in [5, 5.41) is 7.73. The predicted molar refractivity (Wildman–Crippen MR) is 126 cm³/mol. The Hall–Kier alpha value is -2.92. The molecule has 4 rings (SSSR count). The van der Waals surface area contributed by atoms with Crippen LogP contribution in [0, 0.1) is 19.8 Å². The number of nitrogens with one attached hydrogen (secondary N) is 1. The van der Waals surface area contributed by atoms with Crippen LogP contribution in [0.1, 0.15) is 36.2 Å². The molecule has 2 aromatic carbocycles. The van der Waals surface area contributed by atoms with Crippen molar-refractivity contribution in [2.24, 2.45) is 5.92 Å². The molecule has 0 saturated carbocycles. The molecule has 3 aromatic rings.